The van der Waals surface area contributed by atoms with Gasteiger partial charge in [-0.05, 0) is 19.9 Å². The molecule has 0 N–H and O–H groups in total. The molecular weight excluding hydrogens is 288 g/mol. The number of nitro groups is 1. The van der Waals surface area contributed by atoms with E-state index in [-0.39, 0.29) is 27.8 Å². The molecule has 0 aliphatic heterocycles. The molecule has 0 saturated heterocycles. The average Bonchev–Trinajstić information content (AvgIpc) is 2.69. The van der Waals surface area contributed by atoms with Crippen molar-refractivity contribution in [3.63, 3.8) is 0 Å². The number of benzene rings is 1. The second kappa shape index (κ2) is 4.93. The average molecular weight is 298 g/mol. The highest BCUT2D eigenvalue weighted by Crippen LogP contribution is 2.26. The molecule has 1 aromatic carbocycles. The van der Waals surface area contributed by atoms with Gasteiger partial charge in [-0.3, -0.25) is 10.1 Å². The second-order valence-corrected chi connectivity index (χ2v) is 5.43. The molecule has 2 rings (SSSR count). The van der Waals surface area contributed by atoms with Crippen molar-refractivity contribution < 1.29 is 22.0 Å². The Bertz CT molecular complexity index is 745. The summed E-state index contributed by atoms with van der Waals surface area (Å²) < 4.78 is 33.8. The van der Waals surface area contributed by atoms with Gasteiger partial charge in [0.25, 0.3) is 5.69 Å². The van der Waals surface area contributed by atoms with Crippen molar-refractivity contribution in [3.05, 3.63) is 45.8 Å². The fraction of sp³-hybridized carbons (Fsp3) is 0.182. The minimum Gasteiger partial charge on any atom is -0.379 e. The molecule has 0 amide bonds. The van der Waals surface area contributed by atoms with Gasteiger partial charge in [-0.15, -0.1) is 0 Å². The third kappa shape index (κ3) is 2.62. The molecule has 0 bridgehead atoms. The van der Waals surface area contributed by atoms with Gasteiger partial charge in [-0.25, -0.2) is 0 Å². The lowest BCUT2D eigenvalue weighted by Crippen LogP contribution is -2.11. The lowest BCUT2D eigenvalue weighted by atomic mass is 10.3. The Balaban J connectivity index is 2.39. The number of rotatable bonds is 4. The minimum absolute atomic E-state index is 0.0907. The Labute approximate surface area is 114 Å². The molecule has 0 saturated carbocycles. The summed E-state index contributed by atoms with van der Waals surface area (Å²) in [5.41, 5.74) is -0.107. The number of hydrogen-bond donors (Lipinski definition) is 0. The van der Waals surface area contributed by atoms with Crippen LogP contribution in [0.1, 0.15) is 11.5 Å². The van der Waals surface area contributed by atoms with E-state index in [0.29, 0.717) is 0 Å². The largest absolute Gasteiger partial charge is 0.379 e. The van der Waals surface area contributed by atoms with Crippen molar-refractivity contribution in [2.45, 2.75) is 18.7 Å². The number of hydrogen-bond acceptors (Lipinski definition) is 7. The van der Waals surface area contributed by atoms with Crippen LogP contribution in [0.2, 0.25) is 0 Å². The molecule has 9 heteroatoms. The summed E-state index contributed by atoms with van der Waals surface area (Å²) in [7, 11) is -4.15. The van der Waals surface area contributed by atoms with Crippen molar-refractivity contribution >= 4 is 15.8 Å². The van der Waals surface area contributed by atoms with Crippen molar-refractivity contribution in [2.75, 3.05) is 0 Å². The van der Waals surface area contributed by atoms with E-state index in [2.05, 4.69) is 5.16 Å². The van der Waals surface area contributed by atoms with Gasteiger partial charge in [-0.2, -0.15) is 8.42 Å². The summed E-state index contributed by atoms with van der Waals surface area (Å²) in [6.07, 6.45) is 0. The van der Waals surface area contributed by atoms with E-state index in [1.165, 1.54) is 32.0 Å². The summed E-state index contributed by atoms with van der Waals surface area (Å²) in [5.74, 6) is -0.0628. The predicted octanol–water partition coefficient (Wildman–Crippen LogP) is 1.97. The minimum atomic E-state index is -4.15. The van der Waals surface area contributed by atoms with E-state index in [1.54, 1.807) is 0 Å². The van der Waals surface area contributed by atoms with Gasteiger partial charge in [0.1, 0.15) is 11.4 Å². The van der Waals surface area contributed by atoms with E-state index in [4.69, 9.17) is 8.71 Å². The van der Waals surface area contributed by atoms with E-state index >= 15 is 0 Å². The van der Waals surface area contributed by atoms with Crippen molar-refractivity contribution in [1.82, 2.24) is 5.16 Å². The van der Waals surface area contributed by atoms with Crippen LogP contribution in [-0.2, 0) is 10.1 Å². The zero-order valence-electron chi connectivity index (χ0n) is 10.6. The Morgan fingerprint density at radius 2 is 2.05 bits per heavy atom. The maximum Gasteiger partial charge on any atom is 0.344 e. The van der Waals surface area contributed by atoms with Crippen LogP contribution in [0.25, 0.3) is 0 Å². The molecule has 106 valence electrons. The highest BCUT2D eigenvalue weighted by molar-refractivity contribution is 7.87. The van der Waals surface area contributed by atoms with E-state index < -0.39 is 15.0 Å². The lowest BCUT2D eigenvalue weighted by molar-refractivity contribution is -0.384. The summed E-state index contributed by atoms with van der Waals surface area (Å²) in [6.45, 7) is 2.89. The zero-order valence-corrected chi connectivity index (χ0v) is 11.4. The number of nitro benzene ring substituents is 1. The van der Waals surface area contributed by atoms with Gasteiger partial charge in [0.15, 0.2) is 10.7 Å². The van der Waals surface area contributed by atoms with Crippen LogP contribution in [0.4, 0.5) is 5.69 Å². The molecule has 8 nitrogen and oxygen atoms in total. The van der Waals surface area contributed by atoms with Crippen LogP contribution in [0.3, 0.4) is 0 Å². The first-order chi connectivity index (χ1) is 9.31. The number of aromatic nitrogens is 1. The van der Waals surface area contributed by atoms with Gasteiger partial charge in [-0.1, -0.05) is 11.2 Å². The van der Waals surface area contributed by atoms with Crippen LogP contribution < -0.4 is 4.18 Å². The van der Waals surface area contributed by atoms with E-state index in [1.807, 2.05) is 0 Å². The number of non-ortho nitro benzene ring substituents is 1. The van der Waals surface area contributed by atoms with Gasteiger partial charge < -0.3 is 8.71 Å². The molecule has 0 fully saturated rings. The summed E-state index contributed by atoms with van der Waals surface area (Å²) in [5, 5.41) is 14.2. The van der Waals surface area contributed by atoms with E-state index in [0.717, 1.165) is 6.07 Å². The SMILES string of the molecule is Cc1noc(C)c1S(=O)(=O)Oc1cccc([N+](=O)[O-])c1. The van der Waals surface area contributed by atoms with Crippen molar-refractivity contribution in [1.29, 1.82) is 0 Å². The van der Waals surface area contributed by atoms with Crippen LogP contribution in [0.15, 0.2) is 33.7 Å². The van der Waals surface area contributed by atoms with Crippen LogP contribution in [0, 0.1) is 24.0 Å². The summed E-state index contributed by atoms with van der Waals surface area (Å²) in [4.78, 5) is 9.81. The standard InChI is InChI=1S/C11H10N2O6S/c1-7-11(8(2)18-12-7)20(16,17)19-10-5-3-4-9(6-10)13(14)15/h3-6H,1-2H3. The Kier molecular flexibility index (Phi) is 3.45. The number of aryl methyl sites for hydroxylation is 2. The fourth-order valence-corrected chi connectivity index (χ4v) is 2.88. The van der Waals surface area contributed by atoms with Crippen LogP contribution in [0.5, 0.6) is 5.75 Å². The predicted molar refractivity (Wildman–Crippen MR) is 66.9 cm³/mol. The lowest BCUT2D eigenvalue weighted by Gasteiger charge is -2.05. The molecular formula is C11H10N2O6S. The van der Waals surface area contributed by atoms with Gasteiger partial charge in [0, 0.05) is 6.07 Å². The molecule has 0 aliphatic carbocycles. The zero-order chi connectivity index (χ0) is 14.9. The maximum atomic E-state index is 12.1. The van der Waals surface area contributed by atoms with Crippen molar-refractivity contribution in [3.8, 4) is 5.75 Å². The quantitative estimate of drug-likeness (QED) is 0.481. The molecule has 0 spiro atoms. The Hall–Kier alpha value is -2.42. The topological polar surface area (TPSA) is 113 Å². The molecule has 1 heterocycles. The molecule has 0 aliphatic rings. The molecule has 20 heavy (non-hydrogen) atoms. The number of nitrogens with zero attached hydrogens (tertiary/aromatic N) is 2. The Morgan fingerprint density at radius 1 is 1.35 bits per heavy atom. The monoisotopic (exact) mass is 298 g/mol. The maximum absolute atomic E-state index is 12.1. The molecule has 0 atom stereocenters. The molecule has 1 aromatic heterocycles. The van der Waals surface area contributed by atoms with Gasteiger partial charge in [0.2, 0.25) is 0 Å². The molecule has 2 aromatic rings. The first-order valence-corrected chi connectivity index (χ1v) is 6.84. The third-order valence-corrected chi connectivity index (χ3v) is 3.95. The third-order valence-electron chi connectivity index (χ3n) is 2.45. The first-order valence-electron chi connectivity index (χ1n) is 5.43. The first kappa shape index (κ1) is 14.0. The smallest absolute Gasteiger partial charge is 0.344 e. The fourth-order valence-electron chi connectivity index (χ4n) is 1.65. The van der Waals surface area contributed by atoms with Crippen LogP contribution >= 0.6 is 0 Å². The second-order valence-electron chi connectivity index (χ2n) is 3.95. The molecule has 0 unspecified atom stereocenters. The van der Waals surface area contributed by atoms with Gasteiger partial charge >= 0.3 is 10.1 Å². The van der Waals surface area contributed by atoms with Crippen LogP contribution in [-0.4, -0.2) is 18.5 Å². The van der Waals surface area contributed by atoms with Crippen molar-refractivity contribution in [2.24, 2.45) is 0 Å². The van der Waals surface area contributed by atoms with E-state index in [9.17, 15) is 18.5 Å². The summed E-state index contributed by atoms with van der Waals surface area (Å²) in [6, 6.07) is 4.89. The molecule has 0 radical (unpaired) electrons. The highest BCUT2D eigenvalue weighted by atomic mass is 32.2. The summed E-state index contributed by atoms with van der Waals surface area (Å²) >= 11 is 0. The van der Waals surface area contributed by atoms with Gasteiger partial charge in [0.05, 0.1) is 11.0 Å². The highest BCUT2D eigenvalue weighted by Gasteiger charge is 2.26. The Morgan fingerprint density at radius 3 is 2.60 bits per heavy atom. The normalized spacial score (nSPS) is 11.3.